The fourth-order valence-corrected chi connectivity index (χ4v) is 2.19. The van der Waals surface area contributed by atoms with Crippen LogP contribution in [-0.4, -0.2) is 26.2 Å². The molecule has 0 spiro atoms. The molecule has 1 fully saturated rings. The lowest BCUT2D eigenvalue weighted by Gasteiger charge is -2.24. The van der Waals surface area contributed by atoms with Gasteiger partial charge in [0.05, 0.1) is 0 Å². The van der Waals surface area contributed by atoms with E-state index in [1.807, 2.05) is 18.2 Å². The maximum atomic E-state index is 6.00. The Morgan fingerprint density at radius 2 is 2.33 bits per heavy atom. The molecule has 1 aromatic rings. The van der Waals surface area contributed by atoms with Gasteiger partial charge in [-0.15, -0.1) is 0 Å². The average molecular weight is 225 g/mol. The molecule has 1 atom stereocenters. The quantitative estimate of drug-likeness (QED) is 0.788. The predicted octanol–water partition coefficient (Wildman–Crippen LogP) is 2.39. The second-order valence-corrected chi connectivity index (χ2v) is 4.67. The molecule has 1 unspecified atom stereocenters. The van der Waals surface area contributed by atoms with Gasteiger partial charge in [-0.05, 0) is 30.7 Å². The first-order chi connectivity index (χ1) is 7.25. The minimum atomic E-state index is 0.687. The third-order valence-corrected chi connectivity index (χ3v) is 2.99. The third kappa shape index (κ3) is 2.86. The molecule has 15 heavy (non-hydrogen) atoms. The highest BCUT2D eigenvalue weighted by atomic mass is 35.5. The van der Waals surface area contributed by atoms with Crippen LogP contribution in [0.2, 0.25) is 5.02 Å². The Morgan fingerprint density at radius 3 is 3.13 bits per heavy atom. The zero-order chi connectivity index (χ0) is 10.7. The number of nitrogens with one attached hydrogen (secondary N) is 1. The van der Waals surface area contributed by atoms with Crippen molar-refractivity contribution < 1.29 is 0 Å². The van der Waals surface area contributed by atoms with Crippen molar-refractivity contribution in [1.82, 2.24) is 5.32 Å². The summed E-state index contributed by atoms with van der Waals surface area (Å²) in [6.45, 7) is 6.60. The molecule has 2 nitrogen and oxygen atoms in total. The summed E-state index contributed by atoms with van der Waals surface area (Å²) in [5.41, 5.74) is 1.23. The molecule has 0 amide bonds. The Kier molecular flexibility index (Phi) is 3.49. The van der Waals surface area contributed by atoms with Crippen LogP contribution in [0.1, 0.15) is 6.92 Å². The molecule has 82 valence electrons. The lowest BCUT2D eigenvalue weighted by atomic mass is 10.1. The van der Waals surface area contributed by atoms with Gasteiger partial charge in [-0.1, -0.05) is 24.6 Å². The van der Waals surface area contributed by atoms with Gasteiger partial charge in [0, 0.05) is 30.3 Å². The first-order valence-electron chi connectivity index (χ1n) is 5.47. The van der Waals surface area contributed by atoms with Gasteiger partial charge in [0.25, 0.3) is 0 Å². The van der Waals surface area contributed by atoms with Gasteiger partial charge >= 0.3 is 0 Å². The van der Waals surface area contributed by atoms with E-state index in [9.17, 15) is 0 Å². The standard InChI is InChI=1S/C12H17ClN2/c1-10-8-14-5-6-15(9-10)12-4-2-3-11(13)7-12/h2-4,7,10,14H,5-6,8-9H2,1H3. The smallest absolute Gasteiger partial charge is 0.0426 e. The molecule has 1 aliphatic heterocycles. The molecule has 0 aromatic heterocycles. The van der Waals surface area contributed by atoms with E-state index in [0.717, 1.165) is 31.2 Å². The Labute approximate surface area is 96.2 Å². The number of hydrogen-bond donors (Lipinski definition) is 1. The fourth-order valence-electron chi connectivity index (χ4n) is 2.00. The Balaban J connectivity index is 2.14. The lowest BCUT2D eigenvalue weighted by molar-refractivity contribution is 0.564. The van der Waals surface area contributed by atoms with Crippen molar-refractivity contribution in [1.29, 1.82) is 0 Å². The van der Waals surface area contributed by atoms with Crippen molar-refractivity contribution in [2.24, 2.45) is 5.92 Å². The van der Waals surface area contributed by atoms with E-state index < -0.39 is 0 Å². The molecular formula is C12H17ClN2. The van der Waals surface area contributed by atoms with Gasteiger partial charge in [-0.25, -0.2) is 0 Å². The van der Waals surface area contributed by atoms with E-state index >= 15 is 0 Å². The van der Waals surface area contributed by atoms with E-state index in [1.54, 1.807) is 0 Å². The topological polar surface area (TPSA) is 15.3 Å². The van der Waals surface area contributed by atoms with E-state index in [0.29, 0.717) is 5.92 Å². The van der Waals surface area contributed by atoms with E-state index in [4.69, 9.17) is 11.6 Å². The molecule has 1 N–H and O–H groups in total. The fraction of sp³-hybridized carbons (Fsp3) is 0.500. The summed E-state index contributed by atoms with van der Waals surface area (Å²) in [7, 11) is 0. The second-order valence-electron chi connectivity index (χ2n) is 4.24. The molecule has 1 aromatic carbocycles. The number of anilines is 1. The minimum Gasteiger partial charge on any atom is -0.370 e. The monoisotopic (exact) mass is 224 g/mol. The second kappa shape index (κ2) is 4.86. The van der Waals surface area contributed by atoms with E-state index in [-0.39, 0.29) is 0 Å². The van der Waals surface area contributed by atoms with Crippen molar-refractivity contribution >= 4 is 17.3 Å². The van der Waals surface area contributed by atoms with Crippen LogP contribution < -0.4 is 10.2 Å². The lowest BCUT2D eigenvalue weighted by Crippen LogP contribution is -2.29. The third-order valence-electron chi connectivity index (χ3n) is 2.76. The summed E-state index contributed by atoms with van der Waals surface area (Å²) in [5, 5.41) is 4.25. The van der Waals surface area contributed by atoms with Crippen LogP contribution in [-0.2, 0) is 0 Å². The zero-order valence-corrected chi connectivity index (χ0v) is 9.80. The molecule has 0 bridgehead atoms. The van der Waals surface area contributed by atoms with Gasteiger partial charge in [-0.3, -0.25) is 0 Å². The maximum Gasteiger partial charge on any atom is 0.0426 e. The first-order valence-corrected chi connectivity index (χ1v) is 5.85. The number of halogens is 1. The van der Waals surface area contributed by atoms with Gasteiger partial charge in [0.15, 0.2) is 0 Å². The van der Waals surface area contributed by atoms with Crippen molar-refractivity contribution in [2.45, 2.75) is 6.92 Å². The van der Waals surface area contributed by atoms with Gasteiger partial charge in [0.2, 0.25) is 0 Å². The van der Waals surface area contributed by atoms with Gasteiger partial charge in [0.1, 0.15) is 0 Å². The van der Waals surface area contributed by atoms with Crippen LogP contribution in [0.5, 0.6) is 0 Å². The number of rotatable bonds is 1. The highest BCUT2D eigenvalue weighted by Gasteiger charge is 2.14. The van der Waals surface area contributed by atoms with E-state index in [2.05, 4.69) is 23.2 Å². The van der Waals surface area contributed by atoms with Gasteiger partial charge in [-0.2, -0.15) is 0 Å². The number of nitrogens with zero attached hydrogens (tertiary/aromatic N) is 1. The van der Waals surface area contributed by atoms with Crippen LogP contribution in [0.4, 0.5) is 5.69 Å². The maximum absolute atomic E-state index is 6.00. The zero-order valence-electron chi connectivity index (χ0n) is 9.04. The Bertz CT molecular complexity index is 327. The highest BCUT2D eigenvalue weighted by molar-refractivity contribution is 6.30. The molecule has 1 heterocycles. The normalized spacial score (nSPS) is 22.5. The van der Waals surface area contributed by atoms with Crippen LogP contribution in [0.25, 0.3) is 0 Å². The molecule has 0 aliphatic carbocycles. The van der Waals surface area contributed by atoms with E-state index in [1.165, 1.54) is 5.69 Å². The molecule has 2 rings (SSSR count). The van der Waals surface area contributed by atoms with Crippen molar-refractivity contribution in [3.63, 3.8) is 0 Å². The van der Waals surface area contributed by atoms with Crippen molar-refractivity contribution in [2.75, 3.05) is 31.1 Å². The SMILES string of the molecule is CC1CNCCN(c2cccc(Cl)c2)C1. The highest BCUT2D eigenvalue weighted by Crippen LogP contribution is 2.20. The van der Waals surface area contributed by atoms with Crippen LogP contribution in [0.3, 0.4) is 0 Å². The molecular weight excluding hydrogens is 208 g/mol. The molecule has 1 aliphatic rings. The van der Waals surface area contributed by atoms with Crippen molar-refractivity contribution in [3.8, 4) is 0 Å². The van der Waals surface area contributed by atoms with Crippen molar-refractivity contribution in [3.05, 3.63) is 29.3 Å². The largest absolute Gasteiger partial charge is 0.370 e. The molecule has 0 radical (unpaired) electrons. The summed E-state index contributed by atoms with van der Waals surface area (Å²) in [6, 6.07) is 8.11. The van der Waals surface area contributed by atoms with Crippen LogP contribution in [0.15, 0.2) is 24.3 Å². The molecule has 1 saturated heterocycles. The summed E-state index contributed by atoms with van der Waals surface area (Å²) < 4.78 is 0. The first kappa shape index (κ1) is 10.8. The Hall–Kier alpha value is -0.730. The summed E-state index contributed by atoms with van der Waals surface area (Å²) in [5.74, 6) is 0.687. The minimum absolute atomic E-state index is 0.687. The van der Waals surface area contributed by atoms with Gasteiger partial charge < -0.3 is 10.2 Å². The Morgan fingerprint density at radius 1 is 1.47 bits per heavy atom. The molecule has 0 saturated carbocycles. The number of hydrogen-bond acceptors (Lipinski definition) is 2. The average Bonchev–Trinajstić information content (AvgIpc) is 2.43. The van der Waals surface area contributed by atoms with Crippen LogP contribution >= 0.6 is 11.6 Å². The number of benzene rings is 1. The summed E-state index contributed by atoms with van der Waals surface area (Å²) >= 11 is 6.00. The summed E-state index contributed by atoms with van der Waals surface area (Å²) in [6.07, 6.45) is 0. The predicted molar refractivity (Wildman–Crippen MR) is 65.7 cm³/mol. The summed E-state index contributed by atoms with van der Waals surface area (Å²) in [4.78, 5) is 2.40. The van der Waals surface area contributed by atoms with Crippen LogP contribution in [0, 0.1) is 5.92 Å². The molecule has 3 heteroatoms.